The summed E-state index contributed by atoms with van der Waals surface area (Å²) in [5.74, 6) is -0.351. The molecule has 2 aromatic rings. The Morgan fingerprint density at radius 1 is 1.35 bits per heavy atom. The lowest BCUT2D eigenvalue weighted by Crippen LogP contribution is -2.14. The quantitative estimate of drug-likeness (QED) is 0.862. The number of hydrogen-bond acceptors (Lipinski definition) is 2. The topological polar surface area (TPSA) is 43.8 Å². The Labute approximate surface area is 123 Å². The molecule has 0 aliphatic carbocycles. The number of aromatic nitrogens is 2. The van der Waals surface area contributed by atoms with E-state index in [1.54, 1.807) is 18.2 Å². The second-order valence-corrected chi connectivity index (χ2v) is 5.07. The second kappa shape index (κ2) is 6.13. The standard InChI is InChI=1S/C15H18FN3S/c1-3-11-8-12(4-2)19(18-11)9-10-6-5-7-13(14(10)16)15(17)20/h5-8H,3-4,9H2,1-2H3,(H2,17,20). The van der Waals surface area contributed by atoms with Gasteiger partial charge in [-0.25, -0.2) is 4.39 Å². The Kier molecular flexibility index (Phi) is 4.49. The number of aryl methyl sites for hydroxylation is 2. The Bertz CT molecular complexity index is 634. The van der Waals surface area contributed by atoms with Crippen molar-refractivity contribution >= 4 is 17.2 Å². The van der Waals surface area contributed by atoms with Gasteiger partial charge in [-0.3, -0.25) is 4.68 Å². The molecule has 0 amide bonds. The first-order valence-corrected chi connectivity index (χ1v) is 7.10. The molecule has 1 heterocycles. The first-order chi connectivity index (χ1) is 9.56. The molecule has 106 valence electrons. The van der Waals surface area contributed by atoms with E-state index < -0.39 is 0 Å². The van der Waals surface area contributed by atoms with Gasteiger partial charge >= 0.3 is 0 Å². The smallest absolute Gasteiger partial charge is 0.138 e. The summed E-state index contributed by atoms with van der Waals surface area (Å²) >= 11 is 4.86. The first kappa shape index (κ1) is 14.7. The van der Waals surface area contributed by atoms with Gasteiger partial charge in [-0.1, -0.05) is 38.2 Å². The molecule has 3 nitrogen and oxygen atoms in total. The predicted molar refractivity (Wildman–Crippen MR) is 82.4 cm³/mol. The van der Waals surface area contributed by atoms with E-state index in [0.29, 0.717) is 17.7 Å². The molecule has 0 spiro atoms. The van der Waals surface area contributed by atoms with E-state index in [2.05, 4.69) is 25.0 Å². The lowest BCUT2D eigenvalue weighted by molar-refractivity contribution is 0.572. The summed E-state index contributed by atoms with van der Waals surface area (Å²) in [6, 6.07) is 7.17. The third-order valence-electron chi connectivity index (χ3n) is 3.30. The molecule has 2 rings (SSSR count). The second-order valence-electron chi connectivity index (χ2n) is 4.63. The van der Waals surface area contributed by atoms with Gasteiger partial charge in [0.15, 0.2) is 0 Å². The molecule has 2 N–H and O–H groups in total. The number of nitrogens with zero attached hydrogens (tertiary/aromatic N) is 2. The summed E-state index contributed by atoms with van der Waals surface area (Å²) in [7, 11) is 0. The van der Waals surface area contributed by atoms with Gasteiger partial charge in [0.25, 0.3) is 0 Å². The lowest BCUT2D eigenvalue weighted by atomic mass is 10.1. The van der Waals surface area contributed by atoms with E-state index in [4.69, 9.17) is 18.0 Å². The zero-order valence-corrected chi connectivity index (χ0v) is 12.5. The fraction of sp³-hybridized carbons (Fsp3) is 0.333. The molecule has 0 atom stereocenters. The SMILES string of the molecule is CCc1cc(CC)n(Cc2cccc(C(N)=S)c2F)n1. The number of thiocarbonyl (C=S) groups is 1. The van der Waals surface area contributed by atoms with Gasteiger partial charge in [0.2, 0.25) is 0 Å². The summed E-state index contributed by atoms with van der Waals surface area (Å²) in [4.78, 5) is 0.0785. The monoisotopic (exact) mass is 291 g/mol. The lowest BCUT2D eigenvalue weighted by Gasteiger charge is -2.09. The molecule has 0 fully saturated rings. The molecule has 0 bridgehead atoms. The maximum Gasteiger partial charge on any atom is 0.138 e. The maximum atomic E-state index is 14.3. The van der Waals surface area contributed by atoms with E-state index in [9.17, 15) is 4.39 Å². The average Bonchev–Trinajstić information content (AvgIpc) is 2.83. The van der Waals surface area contributed by atoms with Crippen molar-refractivity contribution in [3.63, 3.8) is 0 Å². The van der Waals surface area contributed by atoms with Crippen molar-refractivity contribution < 1.29 is 4.39 Å². The van der Waals surface area contributed by atoms with Gasteiger partial charge in [0.1, 0.15) is 10.8 Å². The van der Waals surface area contributed by atoms with Crippen LogP contribution in [-0.2, 0) is 19.4 Å². The first-order valence-electron chi connectivity index (χ1n) is 6.69. The van der Waals surface area contributed by atoms with Crippen LogP contribution in [0.25, 0.3) is 0 Å². The molecule has 20 heavy (non-hydrogen) atoms. The van der Waals surface area contributed by atoms with Crippen LogP contribution in [0.3, 0.4) is 0 Å². The number of hydrogen-bond donors (Lipinski definition) is 1. The van der Waals surface area contributed by atoms with Gasteiger partial charge < -0.3 is 5.73 Å². The van der Waals surface area contributed by atoms with Crippen molar-refractivity contribution in [2.45, 2.75) is 33.2 Å². The molecule has 0 saturated carbocycles. The van der Waals surface area contributed by atoms with Gasteiger partial charge in [0, 0.05) is 16.8 Å². The minimum Gasteiger partial charge on any atom is -0.389 e. The number of nitrogens with two attached hydrogens (primary N) is 1. The van der Waals surface area contributed by atoms with Crippen molar-refractivity contribution in [2.75, 3.05) is 0 Å². The summed E-state index contributed by atoms with van der Waals surface area (Å²) in [6.45, 7) is 4.51. The highest BCUT2D eigenvalue weighted by atomic mass is 32.1. The van der Waals surface area contributed by atoms with Crippen molar-refractivity contribution in [1.29, 1.82) is 0 Å². The van der Waals surface area contributed by atoms with Crippen molar-refractivity contribution in [2.24, 2.45) is 5.73 Å². The van der Waals surface area contributed by atoms with Gasteiger partial charge in [0.05, 0.1) is 12.2 Å². The van der Waals surface area contributed by atoms with Crippen LogP contribution in [0.5, 0.6) is 0 Å². The van der Waals surface area contributed by atoms with Gasteiger partial charge in [-0.2, -0.15) is 5.10 Å². The van der Waals surface area contributed by atoms with Crippen LogP contribution in [0.4, 0.5) is 4.39 Å². The summed E-state index contributed by atoms with van der Waals surface area (Å²) in [6.07, 6.45) is 1.74. The van der Waals surface area contributed by atoms with Crippen LogP contribution >= 0.6 is 12.2 Å². The highest BCUT2D eigenvalue weighted by molar-refractivity contribution is 7.80. The molecular weight excluding hydrogens is 273 g/mol. The molecular formula is C15H18FN3S. The zero-order valence-electron chi connectivity index (χ0n) is 11.7. The largest absolute Gasteiger partial charge is 0.389 e. The van der Waals surface area contributed by atoms with Crippen molar-refractivity contribution in [3.05, 3.63) is 52.6 Å². The van der Waals surface area contributed by atoms with E-state index in [0.717, 1.165) is 24.2 Å². The number of halogens is 1. The molecule has 0 unspecified atom stereocenters. The summed E-state index contributed by atoms with van der Waals surface area (Å²) < 4.78 is 16.2. The Morgan fingerprint density at radius 3 is 2.70 bits per heavy atom. The molecule has 0 radical (unpaired) electrons. The highest BCUT2D eigenvalue weighted by Crippen LogP contribution is 2.16. The van der Waals surface area contributed by atoms with Crippen LogP contribution < -0.4 is 5.73 Å². The molecule has 0 aliphatic rings. The van der Waals surface area contributed by atoms with E-state index in [-0.39, 0.29) is 10.8 Å². The Hall–Kier alpha value is -1.75. The van der Waals surface area contributed by atoms with E-state index in [1.807, 2.05) is 4.68 Å². The Morgan fingerprint density at radius 2 is 2.10 bits per heavy atom. The van der Waals surface area contributed by atoms with Gasteiger partial charge in [-0.15, -0.1) is 0 Å². The minimum atomic E-state index is -0.351. The maximum absolute atomic E-state index is 14.3. The number of benzene rings is 1. The molecule has 1 aromatic carbocycles. The van der Waals surface area contributed by atoms with Crippen LogP contribution in [-0.4, -0.2) is 14.8 Å². The third-order valence-corrected chi connectivity index (χ3v) is 3.52. The van der Waals surface area contributed by atoms with E-state index in [1.165, 1.54) is 0 Å². The third kappa shape index (κ3) is 2.88. The van der Waals surface area contributed by atoms with Crippen LogP contribution in [0.15, 0.2) is 24.3 Å². The fourth-order valence-corrected chi connectivity index (χ4v) is 2.32. The van der Waals surface area contributed by atoms with Crippen LogP contribution in [0.2, 0.25) is 0 Å². The normalized spacial score (nSPS) is 10.8. The minimum absolute atomic E-state index is 0.0785. The van der Waals surface area contributed by atoms with Crippen molar-refractivity contribution in [3.8, 4) is 0 Å². The molecule has 5 heteroatoms. The fourth-order valence-electron chi connectivity index (χ4n) is 2.16. The summed E-state index contributed by atoms with van der Waals surface area (Å²) in [5, 5.41) is 4.50. The highest BCUT2D eigenvalue weighted by Gasteiger charge is 2.12. The molecule has 1 aromatic heterocycles. The average molecular weight is 291 g/mol. The molecule has 0 saturated heterocycles. The van der Waals surface area contributed by atoms with E-state index >= 15 is 0 Å². The number of rotatable bonds is 5. The Balaban J connectivity index is 2.37. The molecule has 0 aliphatic heterocycles. The van der Waals surface area contributed by atoms with Crippen LogP contribution in [0.1, 0.15) is 36.4 Å². The van der Waals surface area contributed by atoms with Crippen molar-refractivity contribution in [1.82, 2.24) is 9.78 Å². The summed E-state index contributed by atoms with van der Waals surface area (Å²) in [5.41, 5.74) is 8.49. The van der Waals surface area contributed by atoms with Gasteiger partial charge in [-0.05, 0) is 25.0 Å². The predicted octanol–water partition coefficient (Wildman–Crippen LogP) is 2.83. The van der Waals surface area contributed by atoms with Crippen LogP contribution in [0, 0.1) is 5.82 Å². The zero-order chi connectivity index (χ0) is 14.7.